The molecule has 0 aromatic carbocycles. The van der Waals surface area contributed by atoms with Gasteiger partial charge < -0.3 is 4.57 Å². The van der Waals surface area contributed by atoms with Gasteiger partial charge in [0.15, 0.2) is 9.78 Å². The summed E-state index contributed by atoms with van der Waals surface area (Å²) in [5, 5.41) is 0. The molecule has 78 valence electrons. The van der Waals surface area contributed by atoms with Crippen LogP contribution in [0.25, 0.3) is 11.5 Å². The largest absolute Gasteiger partial charge is 0.305 e. The van der Waals surface area contributed by atoms with Crippen molar-refractivity contribution in [2.75, 3.05) is 0 Å². The molecule has 0 aliphatic heterocycles. The summed E-state index contributed by atoms with van der Waals surface area (Å²) < 4.78 is 7.20. The van der Waals surface area contributed by atoms with Crippen molar-refractivity contribution in [2.24, 2.45) is 0 Å². The quantitative estimate of drug-likeness (QED) is 0.768. The second-order valence-electron chi connectivity index (χ2n) is 3.14. The zero-order valence-corrected chi connectivity index (χ0v) is 10.0. The van der Waals surface area contributed by atoms with Crippen LogP contribution in [0.5, 0.6) is 0 Å². The number of pyridine rings is 1. The van der Waals surface area contributed by atoms with Crippen LogP contribution < -0.4 is 0 Å². The van der Waals surface area contributed by atoms with Gasteiger partial charge in [-0.25, -0.2) is 0 Å². The van der Waals surface area contributed by atoms with Gasteiger partial charge >= 0.3 is 0 Å². The molecule has 2 heterocycles. The Morgan fingerprint density at radius 2 is 2.33 bits per heavy atom. The number of nitrogens with zero attached hydrogens (tertiary/aromatic N) is 3. The average molecular weight is 237 g/mol. The monoisotopic (exact) mass is 237 g/mol. The van der Waals surface area contributed by atoms with Crippen molar-refractivity contribution < 1.29 is 0 Å². The fraction of sp³-hybridized carbons (Fsp3) is 0.300. The summed E-state index contributed by atoms with van der Waals surface area (Å²) in [7, 11) is 0. The zero-order valence-electron chi connectivity index (χ0n) is 8.38. The van der Waals surface area contributed by atoms with Crippen LogP contribution in [0, 0.1) is 3.95 Å². The van der Waals surface area contributed by atoms with Gasteiger partial charge in [-0.05, 0) is 42.3 Å². The Balaban J connectivity index is 2.49. The van der Waals surface area contributed by atoms with Crippen LogP contribution in [-0.2, 0) is 6.54 Å². The Hall–Kier alpha value is -1.07. The first-order valence-electron chi connectivity index (χ1n) is 4.81. The lowest BCUT2D eigenvalue weighted by Crippen LogP contribution is -2.00. The molecule has 2 rings (SSSR count). The van der Waals surface area contributed by atoms with Crippen molar-refractivity contribution in [3.8, 4) is 11.5 Å². The van der Waals surface area contributed by atoms with E-state index in [1.54, 1.807) is 6.20 Å². The number of rotatable bonds is 3. The van der Waals surface area contributed by atoms with Crippen molar-refractivity contribution in [2.45, 2.75) is 19.9 Å². The van der Waals surface area contributed by atoms with E-state index in [9.17, 15) is 0 Å². The predicted octanol–water partition coefficient (Wildman–Crippen LogP) is 3.15. The van der Waals surface area contributed by atoms with Gasteiger partial charge in [0.05, 0.1) is 0 Å². The average Bonchev–Trinajstić information content (AvgIpc) is 2.63. The van der Waals surface area contributed by atoms with Crippen LogP contribution in [0.2, 0.25) is 0 Å². The fourth-order valence-electron chi connectivity index (χ4n) is 1.37. The van der Waals surface area contributed by atoms with E-state index < -0.39 is 0 Å². The first kappa shape index (κ1) is 10.4. The van der Waals surface area contributed by atoms with Gasteiger partial charge in [-0.15, -0.1) is 0 Å². The first-order chi connectivity index (χ1) is 7.33. The van der Waals surface area contributed by atoms with E-state index in [2.05, 4.69) is 16.3 Å². The lowest BCUT2D eigenvalue weighted by molar-refractivity contribution is 0.679. The maximum atomic E-state index is 5.23. The molecular weight excluding hydrogens is 226 g/mol. The Kier molecular flexibility index (Phi) is 3.23. The van der Waals surface area contributed by atoms with E-state index in [4.69, 9.17) is 12.2 Å². The Morgan fingerprint density at radius 1 is 1.47 bits per heavy atom. The van der Waals surface area contributed by atoms with E-state index >= 15 is 0 Å². The minimum atomic E-state index is 0.817. The van der Waals surface area contributed by atoms with Gasteiger partial charge in [0, 0.05) is 12.7 Å². The van der Waals surface area contributed by atoms with E-state index in [1.165, 1.54) is 11.5 Å². The molecule has 0 saturated carbocycles. The number of hydrogen-bond donors (Lipinski definition) is 0. The number of aromatic nitrogens is 3. The summed E-state index contributed by atoms with van der Waals surface area (Å²) in [6.07, 6.45) is 2.82. The van der Waals surface area contributed by atoms with E-state index in [1.807, 2.05) is 22.8 Å². The summed E-state index contributed by atoms with van der Waals surface area (Å²) in [6.45, 7) is 3.03. The van der Waals surface area contributed by atoms with Crippen LogP contribution in [0.3, 0.4) is 0 Å². The highest BCUT2D eigenvalue weighted by Crippen LogP contribution is 2.18. The molecule has 0 N–H and O–H groups in total. The third-order valence-electron chi connectivity index (χ3n) is 2.03. The Morgan fingerprint density at radius 3 is 3.00 bits per heavy atom. The second-order valence-corrected chi connectivity index (χ2v) is 4.54. The van der Waals surface area contributed by atoms with Gasteiger partial charge in [0.1, 0.15) is 5.69 Å². The molecule has 15 heavy (non-hydrogen) atoms. The van der Waals surface area contributed by atoms with Crippen LogP contribution in [0.15, 0.2) is 24.4 Å². The van der Waals surface area contributed by atoms with Crippen LogP contribution in [0.4, 0.5) is 0 Å². The van der Waals surface area contributed by atoms with E-state index in [0.29, 0.717) is 0 Å². The maximum Gasteiger partial charge on any atom is 0.180 e. The molecule has 0 atom stereocenters. The summed E-state index contributed by atoms with van der Waals surface area (Å²) in [6, 6.07) is 5.81. The van der Waals surface area contributed by atoms with Gasteiger partial charge in [-0.3, -0.25) is 4.98 Å². The molecule has 2 aromatic rings. The Bertz CT molecular complexity index is 487. The standard InChI is InChI=1S/C10H11N3S2/c1-2-7-13-9(12-15-10(13)14)8-5-3-4-6-11-8/h3-6H,2,7H2,1H3. The summed E-state index contributed by atoms with van der Waals surface area (Å²) in [5.74, 6) is 0.882. The molecule has 0 aliphatic rings. The highest BCUT2D eigenvalue weighted by atomic mass is 32.2. The van der Waals surface area contributed by atoms with Crippen molar-refractivity contribution in [1.29, 1.82) is 0 Å². The molecule has 0 amide bonds. The topological polar surface area (TPSA) is 30.7 Å². The minimum absolute atomic E-state index is 0.817. The highest BCUT2D eigenvalue weighted by Gasteiger charge is 2.08. The zero-order chi connectivity index (χ0) is 10.7. The molecule has 5 heteroatoms. The van der Waals surface area contributed by atoms with Gasteiger partial charge in [0.2, 0.25) is 0 Å². The van der Waals surface area contributed by atoms with Gasteiger partial charge in [-0.2, -0.15) is 4.37 Å². The third-order valence-corrected chi connectivity index (χ3v) is 3.11. The van der Waals surface area contributed by atoms with Crippen molar-refractivity contribution in [1.82, 2.24) is 13.9 Å². The third kappa shape index (κ3) is 2.13. The molecule has 0 unspecified atom stereocenters. The summed E-state index contributed by atoms with van der Waals surface area (Å²) in [4.78, 5) is 4.28. The molecule has 0 fully saturated rings. The SMILES string of the molecule is CCCn1c(-c2ccccn2)nsc1=S. The number of hydrogen-bond acceptors (Lipinski definition) is 4. The summed E-state index contributed by atoms with van der Waals surface area (Å²) >= 11 is 6.58. The lowest BCUT2D eigenvalue weighted by atomic mass is 10.3. The van der Waals surface area contributed by atoms with Gasteiger partial charge in [-0.1, -0.05) is 13.0 Å². The molecule has 0 bridgehead atoms. The van der Waals surface area contributed by atoms with E-state index in [0.717, 1.165) is 28.4 Å². The molecular formula is C10H11N3S2. The molecule has 0 aliphatic carbocycles. The first-order valence-corrected chi connectivity index (χ1v) is 5.99. The van der Waals surface area contributed by atoms with E-state index in [-0.39, 0.29) is 0 Å². The van der Waals surface area contributed by atoms with Crippen LogP contribution >= 0.6 is 23.8 Å². The smallest absolute Gasteiger partial charge is 0.180 e. The maximum absolute atomic E-state index is 5.23. The molecule has 0 radical (unpaired) electrons. The van der Waals surface area contributed by atoms with Gasteiger partial charge in [0.25, 0.3) is 0 Å². The second kappa shape index (κ2) is 4.63. The van der Waals surface area contributed by atoms with Crippen molar-refractivity contribution in [3.05, 3.63) is 28.4 Å². The molecule has 0 saturated heterocycles. The highest BCUT2D eigenvalue weighted by molar-refractivity contribution is 7.73. The molecule has 0 spiro atoms. The Labute approximate surface area is 97.6 Å². The van der Waals surface area contributed by atoms with Crippen molar-refractivity contribution in [3.63, 3.8) is 0 Å². The van der Waals surface area contributed by atoms with Crippen molar-refractivity contribution >= 4 is 23.8 Å². The lowest BCUT2D eigenvalue weighted by Gasteiger charge is -2.03. The fourth-order valence-corrected chi connectivity index (χ4v) is 2.29. The predicted molar refractivity (Wildman–Crippen MR) is 64.5 cm³/mol. The van der Waals surface area contributed by atoms with Crippen LogP contribution in [-0.4, -0.2) is 13.9 Å². The molecule has 2 aromatic heterocycles. The van der Waals surface area contributed by atoms with Crippen LogP contribution in [0.1, 0.15) is 13.3 Å². The normalized spacial score (nSPS) is 10.5. The minimum Gasteiger partial charge on any atom is -0.305 e. The molecule has 3 nitrogen and oxygen atoms in total. The summed E-state index contributed by atoms with van der Waals surface area (Å²) in [5.41, 5.74) is 0.887.